The van der Waals surface area contributed by atoms with Crippen LogP contribution in [0.4, 0.5) is 0 Å². The van der Waals surface area contributed by atoms with Crippen LogP contribution in [0.1, 0.15) is 57.1 Å². The maximum atomic E-state index is 6.04. The Morgan fingerprint density at radius 1 is 1.10 bits per heavy atom. The van der Waals surface area contributed by atoms with Crippen molar-refractivity contribution < 1.29 is 4.74 Å². The Bertz CT molecular complexity index is 719. The number of likely N-dealkylation sites (tertiary alicyclic amines) is 2. The monoisotopic (exact) mass is 429 g/mol. The molecule has 31 heavy (non-hydrogen) atoms. The summed E-state index contributed by atoms with van der Waals surface area (Å²) in [5, 5.41) is 7.19. The van der Waals surface area contributed by atoms with Crippen LogP contribution in [0, 0.1) is 6.92 Å². The van der Waals surface area contributed by atoms with Crippen LogP contribution in [0.15, 0.2) is 23.2 Å². The van der Waals surface area contributed by atoms with Crippen molar-refractivity contribution in [2.45, 2.75) is 71.1 Å². The standard InChI is InChI=1S/C25H43N5O/c1-20(2)31-23-17-21(3)9-10-22(23)18-27-24(26-4)28-19-25(11-15-29(5)16-12-25)30-13-7-6-8-14-30/h9-10,17,20H,6-8,11-16,18-19H2,1-5H3,(H2,26,27,28). The van der Waals surface area contributed by atoms with Crippen LogP contribution in [0.5, 0.6) is 5.75 Å². The molecule has 2 aliphatic heterocycles. The van der Waals surface area contributed by atoms with Gasteiger partial charge in [0.25, 0.3) is 0 Å². The number of aliphatic imine (C=N–C) groups is 1. The summed E-state index contributed by atoms with van der Waals surface area (Å²) in [6.45, 7) is 12.7. The molecule has 0 spiro atoms. The summed E-state index contributed by atoms with van der Waals surface area (Å²) in [5.41, 5.74) is 2.61. The molecule has 1 aromatic carbocycles. The largest absolute Gasteiger partial charge is 0.491 e. The van der Waals surface area contributed by atoms with Gasteiger partial charge in [-0.2, -0.15) is 0 Å². The summed E-state index contributed by atoms with van der Waals surface area (Å²) in [6.07, 6.45) is 6.63. The van der Waals surface area contributed by atoms with Gasteiger partial charge in [-0.3, -0.25) is 9.89 Å². The Morgan fingerprint density at radius 3 is 2.45 bits per heavy atom. The van der Waals surface area contributed by atoms with Gasteiger partial charge in [-0.1, -0.05) is 18.6 Å². The van der Waals surface area contributed by atoms with Gasteiger partial charge >= 0.3 is 0 Å². The Balaban J connectivity index is 1.62. The number of benzene rings is 1. The summed E-state index contributed by atoms with van der Waals surface area (Å²) in [7, 11) is 4.10. The van der Waals surface area contributed by atoms with Crippen LogP contribution >= 0.6 is 0 Å². The van der Waals surface area contributed by atoms with Gasteiger partial charge in [0.1, 0.15) is 5.75 Å². The maximum absolute atomic E-state index is 6.04. The zero-order valence-electron chi connectivity index (χ0n) is 20.3. The van der Waals surface area contributed by atoms with Crippen molar-refractivity contribution in [3.63, 3.8) is 0 Å². The highest BCUT2D eigenvalue weighted by Crippen LogP contribution is 2.31. The first-order valence-electron chi connectivity index (χ1n) is 12.1. The van der Waals surface area contributed by atoms with Crippen LogP contribution in [0.3, 0.4) is 0 Å². The number of ether oxygens (including phenoxy) is 1. The fourth-order valence-corrected chi connectivity index (χ4v) is 4.83. The minimum Gasteiger partial charge on any atom is -0.491 e. The van der Waals surface area contributed by atoms with Gasteiger partial charge in [0.2, 0.25) is 0 Å². The second kappa shape index (κ2) is 11.2. The van der Waals surface area contributed by atoms with Crippen molar-refractivity contribution in [2.24, 2.45) is 4.99 Å². The highest BCUT2D eigenvalue weighted by molar-refractivity contribution is 5.79. The fourth-order valence-electron chi connectivity index (χ4n) is 4.83. The van der Waals surface area contributed by atoms with E-state index >= 15 is 0 Å². The number of piperidine rings is 2. The lowest BCUT2D eigenvalue weighted by atomic mass is 9.84. The van der Waals surface area contributed by atoms with E-state index in [4.69, 9.17) is 4.74 Å². The van der Waals surface area contributed by atoms with Crippen molar-refractivity contribution in [3.8, 4) is 5.75 Å². The second-order valence-corrected chi connectivity index (χ2v) is 9.63. The SMILES string of the molecule is CN=C(NCc1ccc(C)cc1OC(C)C)NCC1(N2CCCCC2)CCN(C)CC1. The van der Waals surface area contributed by atoms with Crippen LogP contribution in [0.2, 0.25) is 0 Å². The van der Waals surface area contributed by atoms with Crippen LogP contribution < -0.4 is 15.4 Å². The molecule has 174 valence electrons. The van der Waals surface area contributed by atoms with E-state index in [-0.39, 0.29) is 11.6 Å². The summed E-state index contributed by atoms with van der Waals surface area (Å²) >= 11 is 0. The minimum absolute atomic E-state index is 0.159. The molecule has 0 atom stereocenters. The summed E-state index contributed by atoms with van der Waals surface area (Å²) in [5.74, 6) is 1.82. The summed E-state index contributed by atoms with van der Waals surface area (Å²) in [6, 6.07) is 6.42. The average Bonchev–Trinajstić information content (AvgIpc) is 2.76. The first-order chi connectivity index (χ1) is 14.9. The molecule has 0 aliphatic carbocycles. The van der Waals surface area contributed by atoms with Gasteiger partial charge in [-0.05, 0) is 91.3 Å². The molecule has 2 N–H and O–H groups in total. The number of nitrogens with zero attached hydrogens (tertiary/aromatic N) is 3. The van der Waals surface area contributed by atoms with E-state index in [0.29, 0.717) is 6.54 Å². The van der Waals surface area contributed by atoms with E-state index in [2.05, 4.69) is 71.4 Å². The number of nitrogens with one attached hydrogen (secondary N) is 2. The molecule has 0 saturated carbocycles. The zero-order chi connectivity index (χ0) is 22.3. The lowest BCUT2D eigenvalue weighted by Crippen LogP contribution is -2.62. The molecule has 6 nitrogen and oxygen atoms in total. The third kappa shape index (κ3) is 6.59. The molecule has 0 aromatic heterocycles. The zero-order valence-corrected chi connectivity index (χ0v) is 20.3. The lowest BCUT2D eigenvalue weighted by molar-refractivity contribution is 0.0173. The molecule has 6 heteroatoms. The normalized spacial score (nSPS) is 20.6. The Kier molecular flexibility index (Phi) is 8.61. The van der Waals surface area contributed by atoms with E-state index in [1.165, 1.54) is 63.8 Å². The molecular formula is C25H43N5O. The molecule has 0 unspecified atom stereocenters. The fraction of sp³-hybridized carbons (Fsp3) is 0.720. The number of rotatable bonds is 7. The van der Waals surface area contributed by atoms with Crippen molar-refractivity contribution in [3.05, 3.63) is 29.3 Å². The van der Waals surface area contributed by atoms with Crippen molar-refractivity contribution in [2.75, 3.05) is 46.8 Å². The van der Waals surface area contributed by atoms with Crippen LogP contribution in [-0.2, 0) is 6.54 Å². The van der Waals surface area contributed by atoms with Gasteiger partial charge in [0.05, 0.1) is 6.10 Å². The number of aryl methyl sites for hydroxylation is 1. The number of guanidine groups is 1. The Morgan fingerprint density at radius 2 is 1.81 bits per heavy atom. The van der Waals surface area contributed by atoms with E-state index in [9.17, 15) is 0 Å². The van der Waals surface area contributed by atoms with E-state index < -0.39 is 0 Å². The third-order valence-corrected chi connectivity index (χ3v) is 6.78. The number of hydrogen-bond acceptors (Lipinski definition) is 4. The Hall–Kier alpha value is -1.79. The van der Waals surface area contributed by atoms with Gasteiger partial charge in [0, 0.05) is 31.2 Å². The molecule has 0 amide bonds. The second-order valence-electron chi connectivity index (χ2n) is 9.63. The summed E-state index contributed by atoms with van der Waals surface area (Å²) in [4.78, 5) is 9.74. The minimum atomic E-state index is 0.159. The van der Waals surface area contributed by atoms with Gasteiger partial charge < -0.3 is 20.3 Å². The molecule has 0 radical (unpaired) electrons. The molecule has 2 heterocycles. The third-order valence-electron chi connectivity index (χ3n) is 6.78. The van der Waals surface area contributed by atoms with Crippen molar-refractivity contribution in [1.82, 2.24) is 20.4 Å². The van der Waals surface area contributed by atoms with Crippen LogP contribution in [0.25, 0.3) is 0 Å². The highest BCUT2D eigenvalue weighted by Gasteiger charge is 2.39. The molecular weight excluding hydrogens is 386 g/mol. The molecule has 2 saturated heterocycles. The highest BCUT2D eigenvalue weighted by atomic mass is 16.5. The molecule has 3 rings (SSSR count). The van der Waals surface area contributed by atoms with Crippen molar-refractivity contribution >= 4 is 5.96 Å². The quantitative estimate of drug-likeness (QED) is 0.514. The van der Waals surface area contributed by atoms with Crippen molar-refractivity contribution in [1.29, 1.82) is 0 Å². The topological polar surface area (TPSA) is 52.1 Å². The molecule has 0 bridgehead atoms. The van der Waals surface area contributed by atoms with Crippen LogP contribution in [-0.4, -0.2) is 74.2 Å². The van der Waals surface area contributed by atoms with E-state index in [1.54, 1.807) is 0 Å². The lowest BCUT2D eigenvalue weighted by Gasteiger charge is -2.50. The molecule has 2 aliphatic rings. The van der Waals surface area contributed by atoms with Gasteiger partial charge in [-0.25, -0.2) is 0 Å². The van der Waals surface area contributed by atoms with Gasteiger partial charge in [0.15, 0.2) is 5.96 Å². The van der Waals surface area contributed by atoms with E-state index in [1.807, 2.05) is 7.05 Å². The molecule has 2 fully saturated rings. The van der Waals surface area contributed by atoms with E-state index in [0.717, 1.165) is 23.8 Å². The predicted octanol–water partition coefficient (Wildman–Crippen LogP) is 3.40. The smallest absolute Gasteiger partial charge is 0.191 e. The number of hydrogen-bond donors (Lipinski definition) is 2. The summed E-state index contributed by atoms with van der Waals surface area (Å²) < 4.78 is 6.04. The average molecular weight is 430 g/mol. The predicted molar refractivity (Wildman–Crippen MR) is 130 cm³/mol. The maximum Gasteiger partial charge on any atom is 0.191 e. The van der Waals surface area contributed by atoms with Gasteiger partial charge in [-0.15, -0.1) is 0 Å². The first-order valence-corrected chi connectivity index (χ1v) is 12.1. The Labute approximate surface area is 189 Å². The molecule has 1 aromatic rings. The first kappa shape index (κ1) is 23.9.